The van der Waals surface area contributed by atoms with Gasteiger partial charge >= 0.3 is 0 Å². The molecule has 0 atom stereocenters. The number of carbonyl (C=O) groups is 1. The Morgan fingerprint density at radius 2 is 1.64 bits per heavy atom. The fourth-order valence-corrected chi connectivity index (χ4v) is 5.11. The Kier molecular flexibility index (Phi) is 7.54. The molecular formula is C25H29N3O4S. The number of nitrogens with zero attached hydrogens (tertiary/aromatic N) is 3. The summed E-state index contributed by atoms with van der Waals surface area (Å²) in [5.41, 5.74) is 1.52. The van der Waals surface area contributed by atoms with E-state index in [1.54, 1.807) is 39.5 Å². The van der Waals surface area contributed by atoms with Gasteiger partial charge in [-0.1, -0.05) is 31.0 Å². The largest absolute Gasteiger partial charge is 0.497 e. The van der Waals surface area contributed by atoms with Crippen LogP contribution in [0.15, 0.2) is 47.6 Å². The van der Waals surface area contributed by atoms with Gasteiger partial charge in [0.15, 0.2) is 16.8 Å². The van der Waals surface area contributed by atoms with Crippen LogP contribution in [-0.2, 0) is 0 Å². The van der Waals surface area contributed by atoms with Crippen molar-refractivity contribution in [2.45, 2.75) is 43.3 Å². The SMILES string of the molecule is COc1ccc(-c2nnc(SCC(=O)c3ccc(OC)cc3OC)n2C2CCCCC2)cc1. The van der Waals surface area contributed by atoms with Crippen LogP contribution in [0.25, 0.3) is 11.4 Å². The Morgan fingerprint density at radius 1 is 0.939 bits per heavy atom. The number of aromatic nitrogens is 3. The van der Waals surface area contributed by atoms with E-state index in [1.165, 1.54) is 31.0 Å². The van der Waals surface area contributed by atoms with E-state index in [1.807, 2.05) is 24.3 Å². The molecule has 0 N–H and O–H groups in total. The van der Waals surface area contributed by atoms with Crippen LogP contribution in [0.5, 0.6) is 17.2 Å². The van der Waals surface area contributed by atoms with Gasteiger partial charge in [-0.3, -0.25) is 9.36 Å². The van der Waals surface area contributed by atoms with Crippen molar-refractivity contribution in [2.75, 3.05) is 27.1 Å². The highest BCUT2D eigenvalue weighted by Crippen LogP contribution is 2.36. The molecule has 0 aliphatic heterocycles. The zero-order valence-corrected chi connectivity index (χ0v) is 20.1. The molecule has 1 aliphatic carbocycles. The van der Waals surface area contributed by atoms with E-state index in [0.717, 1.165) is 35.1 Å². The van der Waals surface area contributed by atoms with E-state index < -0.39 is 0 Å². The number of hydrogen-bond acceptors (Lipinski definition) is 7. The van der Waals surface area contributed by atoms with Crippen molar-refractivity contribution in [1.82, 2.24) is 14.8 Å². The molecule has 0 radical (unpaired) electrons. The van der Waals surface area contributed by atoms with Crippen molar-refractivity contribution in [3.05, 3.63) is 48.0 Å². The first-order valence-corrected chi connectivity index (χ1v) is 12.1. The Labute approximate surface area is 198 Å². The van der Waals surface area contributed by atoms with Gasteiger partial charge in [0.25, 0.3) is 0 Å². The fourth-order valence-electron chi connectivity index (χ4n) is 4.22. The lowest BCUT2D eigenvalue weighted by atomic mass is 9.95. The van der Waals surface area contributed by atoms with Gasteiger partial charge in [0.2, 0.25) is 0 Å². The number of methoxy groups -OCH3 is 3. The van der Waals surface area contributed by atoms with Gasteiger partial charge in [-0.05, 0) is 49.2 Å². The van der Waals surface area contributed by atoms with Crippen LogP contribution in [0, 0.1) is 0 Å². The zero-order valence-electron chi connectivity index (χ0n) is 19.2. The second-order valence-corrected chi connectivity index (χ2v) is 8.92. The number of rotatable bonds is 9. The number of Topliss-reactive ketones (excluding diaryl/α,β-unsaturated/α-hetero) is 1. The van der Waals surface area contributed by atoms with Crippen LogP contribution in [0.2, 0.25) is 0 Å². The summed E-state index contributed by atoms with van der Waals surface area (Å²) < 4.78 is 18.2. The van der Waals surface area contributed by atoms with E-state index in [4.69, 9.17) is 14.2 Å². The van der Waals surface area contributed by atoms with Crippen molar-refractivity contribution < 1.29 is 19.0 Å². The molecule has 8 heteroatoms. The minimum atomic E-state index is -0.0244. The third-order valence-electron chi connectivity index (χ3n) is 5.99. The fraction of sp³-hybridized carbons (Fsp3) is 0.400. The van der Waals surface area contributed by atoms with Crippen LogP contribution in [-0.4, -0.2) is 47.6 Å². The van der Waals surface area contributed by atoms with Gasteiger partial charge in [0.05, 0.1) is 32.6 Å². The molecular weight excluding hydrogens is 438 g/mol. The minimum Gasteiger partial charge on any atom is -0.497 e. The molecule has 0 unspecified atom stereocenters. The van der Waals surface area contributed by atoms with Gasteiger partial charge < -0.3 is 14.2 Å². The van der Waals surface area contributed by atoms with Crippen molar-refractivity contribution >= 4 is 17.5 Å². The highest BCUT2D eigenvalue weighted by Gasteiger charge is 2.25. The highest BCUT2D eigenvalue weighted by atomic mass is 32.2. The molecule has 174 valence electrons. The van der Waals surface area contributed by atoms with Crippen LogP contribution >= 0.6 is 11.8 Å². The van der Waals surface area contributed by atoms with Gasteiger partial charge in [0, 0.05) is 17.7 Å². The highest BCUT2D eigenvalue weighted by molar-refractivity contribution is 7.99. The monoisotopic (exact) mass is 467 g/mol. The second-order valence-electron chi connectivity index (χ2n) is 7.97. The van der Waals surface area contributed by atoms with Crippen molar-refractivity contribution in [1.29, 1.82) is 0 Å². The van der Waals surface area contributed by atoms with Crippen LogP contribution in [0.3, 0.4) is 0 Å². The maximum absolute atomic E-state index is 13.0. The summed E-state index contributed by atoms with van der Waals surface area (Å²) in [6.45, 7) is 0. The van der Waals surface area contributed by atoms with Gasteiger partial charge in [0.1, 0.15) is 17.2 Å². The first kappa shape index (κ1) is 23.2. The van der Waals surface area contributed by atoms with E-state index in [0.29, 0.717) is 23.1 Å². The van der Waals surface area contributed by atoms with E-state index in [-0.39, 0.29) is 11.5 Å². The van der Waals surface area contributed by atoms with E-state index >= 15 is 0 Å². The molecule has 4 rings (SSSR count). The summed E-state index contributed by atoms with van der Waals surface area (Å²) in [6, 6.07) is 13.4. The van der Waals surface area contributed by atoms with Gasteiger partial charge in [-0.2, -0.15) is 0 Å². The van der Waals surface area contributed by atoms with E-state index in [9.17, 15) is 4.79 Å². The Morgan fingerprint density at radius 3 is 2.30 bits per heavy atom. The van der Waals surface area contributed by atoms with Crippen LogP contribution in [0.1, 0.15) is 48.5 Å². The summed E-state index contributed by atoms with van der Waals surface area (Å²) in [5, 5.41) is 9.78. The standard InChI is InChI=1S/C25H29N3O4S/c1-30-19-11-9-17(10-12-19)24-26-27-25(28(24)18-7-5-4-6-8-18)33-16-22(29)21-14-13-20(31-2)15-23(21)32-3/h9-15,18H,4-8,16H2,1-3H3. The predicted octanol–water partition coefficient (Wildman–Crippen LogP) is 5.45. The number of hydrogen-bond donors (Lipinski definition) is 0. The third-order valence-corrected chi connectivity index (χ3v) is 6.94. The lowest BCUT2D eigenvalue weighted by molar-refractivity contribution is 0.101. The van der Waals surface area contributed by atoms with Crippen LogP contribution < -0.4 is 14.2 Å². The molecule has 1 heterocycles. The quantitative estimate of drug-likeness (QED) is 0.306. The summed E-state index contributed by atoms with van der Waals surface area (Å²) in [6.07, 6.45) is 5.83. The van der Waals surface area contributed by atoms with Gasteiger partial charge in [-0.25, -0.2) is 0 Å². The molecule has 2 aromatic carbocycles. The molecule has 1 fully saturated rings. The summed E-state index contributed by atoms with van der Waals surface area (Å²) in [4.78, 5) is 13.0. The molecule has 0 saturated heterocycles. The Balaban J connectivity index is 1.59. The molecule has 0 spiro atoms. The molecule has 7 nitrogen and oxygen atoms in total. The molecule has 0 bridgehead atoms. The second kappa shape index (κ2) is 10.7. The first-order valence-electron chi connectivity index (χ1n) is 11.1. The average molecular weight is 468 g/mol. The maximum Gasteiger partial charge on any atom is 0.192 e. The number of ketones is 1. The summed E-state index contributed by atoms with van der Waals surface area (Å²) >= 11 is 1.42. The predicted molar refractivity (Wildman–Crippen MR) is 129 cm³/mol. The maximum atomic E-state index is 13.0. The molecule has 0 amide bonds. The van der Waals surface area contributed by atoms with Crippen molar-refractivity contribution in [3.63, 3.8) is 0 Å². The molecule has 1 saturated carbocycles. The zero-order chi connectivity index (χ0) is 23.2. The summed E-state index contributed by atoms with van der Waals surface area (Å²) in [5.74, 6) is 3.02. The number of thioether (sulfide) groups is 1. The lowest BCUT2D eigenvalue weighted by Crippen LogP contribution is -2.15. The number of benzene rings is 2. The average Bonchev–Trinajstić information content (AvgIpc) is 3.31. The molecule has 3 aromatic rings. The van der Waals surface area contributed by atoms with Crippen molar-refractivity contribution in [3.8, 4) is 28.6 Å². The minimum absolute atomic E-state index is 0.0244. The molecule has 1 aliphatic rings. The number of ether oxygens (including phenoxy) is 3. The summed E-state index contributed by atoms with van der Waals surface area (Å²) in [7, 11) is 4.80. The number of carbonyl (C=O) groups excluding carboxylic acids is 1. The van der Waals surface area contributed by atoms with Gasteiger partial charge in [-0.15, -0.1) is 10.2 Å². The van der Waals surface area contributed by atoms with Crippen LogP contribution in [0.4, 0.5) is 0 Å². The van der Waals surface area contributed by atoms with E-state index in [2.05, 4.69) is 14.8 Å². The topological polar surface area (TPSA) is 75.5 Å². The Hall–Kier alpha value is -3.00. The van der Waals surface area contributed by atoms with Crippen molar-refractivity contribution in [2.24, 2.45) is 0 Å². The molecule has 33 heavy (non-hydrogen) atoms. The molecule has 1 aromatic heterocycles. The lowest BCUT2D eigenvalue weighted by Gasteiger charge is -2.25. The smallest absolute Gasteiger partial charge is 0.192 e. The normalized spacial score (nSPS) is 14.2. The Bertz CT molecular complexity index is 1090. The third kappa shape index (κ3) is 5.16. The first-order chi connectivity index (χ1) is 16.1.